The minimum atomic E-state index is -0.194. The number of methoxy groups -OCH3 is 1. The molecule has 0 aromatic heterocycles. The van der Waals surface area contributed by atoms with E-state index < -0.39 is 0 Å². The number of rotatable bonds is 7. The molecule has 0 saturated carbocycles. The molecule has 5 heteroatoms. The van der Waals surface area contributed by atoms with Crippen LogP contribution in [-0.2, 0) is 16.1 Å². The number of carbonyl (C=O) groups is 2. The van der Waals surface area contributed by atoms with E-state index in [0.717, 1.165) is 33.5 Å². The molecule has 0 unspecified atom stereocenters. The highest BCUT2D eigenvalue weighted by Crippen LogP contribution is 2.24. The molecule has 0 radical (unpaired) electrons. The zero-order valence-electron chi connectivity index (χ0n) is 16.0. The van der Waals surface area contributed by atoms with Crippen LogP contribution in [0.4, 0.5) is 11.4 Å². The fourth-order valence-corrected chi connectivity index (χ4v) is 3.27. The van der Waals surface area contributed by atoms with Crippen LogP contribution in [0.15, 0.2) is 30.3 Å². The van der Waals surface area contributed by atoms with Crippen molar-refractivity contribution >= 4 is 23.1 Å². The Kier molecular flexibility index (Phi) is 6.52. The summed E-state index contributed by atoms with van der Waals surface area (Å²) >= 11 is 0. The molecule has 0 atom stereocenters. The van der Waals surface area contributed by atoms with E-state index in [0.29, 0.717) is 12.2 Å². The summed E-state index contributed by atoms with van der Waals surface area (Å²) in [6.07, 6.45) is 0. The highest BCUT2D eigenvalue weighted by molar-refractivity contribution is 5.97. The third-order valence-electron chi connectivity index (χ3n) is 4.37. The molecule has 2 aromatic carbocycles. The van der Waals surface area contributed by atoms with Gasteiger partial charge in [-0.05, 0) is 68.1 Å². The van der Waals surface area contributed by atoms with Crippen molar-refractivity contribution in [3.05, 3.63) is 58.1 Å². The smallest absolute Gasteiger partial charge is 0.250 e. The highest BCUT2D eigenvalue weighted by Gasteiger charge is 2.14. The lowest BCUT2D eigenvalue weighted by molar-refractivity contribution is -0.119. The number of aryl methyl sites for hydroxylation is 2. The second-order valence-corrected chi connectivity index (χ2v) is 6.46. The van der Waals surface area contributed by atoms with Gasteiger partial charge in [0.2, 0.25) is 5.91 Å². The maximum absolute atomic E-state index is 12.0. The first-order valence-corrected chi connectivity index (χ1v) is 8.56. The van der Waals surface area contributed by atoms with Crippen molar-refractivity contribution in [2.75, 3.05) is 24.4 Å². The van der Waals surface area contributed by atoms with Gasteiger partial charge in [-0.25, -0.2) is 0 Å². The Morgan fingerprint density at radius 3 is 2.38 bits per heavy atom. The summed E-state index contributed by atoms with van der Waals surface area (Å²) in [7, 11) is 1.49. The highest BCUT2D eigenvalue weighted by atomic mass is 16.5. The maximum Gasteiger partial charge on any atom is 0.250 e. The number of carbonyl (C=O) groups excluding carboxylic acids is 2. The minimum absolute atomic E-state index is 0.0211. The quantitative estimate of drug-likeness (QED) is 0.737. The summed E-state index contributed by atoms with van der Waals surface area (Å²) in [5.74, 6) is -0.106. The lowest BCUT2D eigenvalue weighted by Crippen LogP contribution is -2.17. The van der Waals surface area contributed by atoms with Gasteiger partial charge in [0.1, 0.15) is 6.61 Å². The number of hydrogen-bond donors (Lipinski definition) is 2. The Labute approximate surface area is 154 Å². The number of benzene rings is 2. The molecule has 2 rings (SSSR count). The van der Waals surface area contributed by atoms with Gasteiger partial charge < -0.3 is 15.4 Å². The SMILES string of the molecule is COCC(=O)Nc1cccc(NCc2c(C)cc(C)c(C(C)=O)c2C)c1. The fraction of sp³-hybridized carbons (Fsp3) is 0.333. The lowest BCUT2D eigenvalue weighted by atomic mass is 9.91. The zero-order valence-corrected chi connectivity index (χ0v) is 16.0. The van der Waals surface area contributed by atoms with E-state index in [1.54, 1.807) is 6.92 Å². The van der Waals surface area contributed by atoms with Gasteiger partial charge in [0.05, 0.1) is 0 Å². The maximum atomic E-state index is 12.0. The largest absolute Gasteiger partial charge is 0.381 e. The first kappa shape index (κ1) is 19.7. The van der Waals surface area contributed by atoms with Crippen LogP contribution in [0, 0.1) is 20.8 Å². The van der Waals surface area contributed by atoms with Crippen LogP contribution in [0.2, 0.25) is 0 Å². The van der Waals surface area contributed by atoms with Crippen LogP contribution in [0.3, 0.4) is 0 Å². The van der Waals surface area contributed by atoms with E-state index in [-0.39, 0.29) is 18.3 Å². The third-order valence-corrected chi connectivity index (χ3v) is 4.37. The van der Waals surface area contributed by atoms with Crippen molar-refractivity contribution in [3.8, 4) is 0 Å². The van der Waals surface area contributed by atoms with Crippen molar-refractivity contribution < 1.29 is 14.3 Å². The molecule has 5 nitrogen and oxygen atoms in total. The van der Waals surface area contributed by atoms with Crippen LogP contribution in [0.5, 0.6) is 0 Å². The zero-order chi connectivity index (χ0) is 19.3. The summed E-state index contributed by atoms with van der Waals surface area (Å²) in [6.45, 7) is 8.26. The summed E-state index contributed by atoms with van der Waals surface area (Å²) in [5, 5.41) is 6.17. The molecule has 0 aliphatic carbocycles. The van der Waals surface area contributed by atoms with E-state index in [4.69, 9.17) is 4.74 Å². The Bertz CT molecular complexity index is 828. The van der Waals surface area contributed by atoms with Crippen molar-refractivity contribution in [1.82, 2.24) is 0 Å². The normalized spacial score (nSPS) is 10.5. The Balaban J connectivity index is 2.18. The number of nitrogens with one attached hydrogen (secondary N) is 2. The second kappa shape index (κ2) is 8.63. The molecule has 1 amide bonds. The molecular formula is C21H26N2O3. The standard InChI is InChI=1S/C21H26N2O3/c1-13-9-14(2)21(16(4)24)15(3)19(13)11-22-17-7-6-8-18(10-17)23-20(25)12-26-5/h6-10,22H,11-12H2,1-5H3,(H,23,25). The van der Waals surface area contributed by atoms with Crippen molar-refractivity contribution in [2.24, 2.45) is 0 Å². The predicted octanol–water partition coefficient (Wildman–Crippen LogP) is 4.01. The van der Waals surface area contributed by atoms with Gasteiger partial charge in [-0.1, -0.05) is 12.1 Å². The fourth-order valence-electron chi connectivity index (χ4n) is 3.27. The van der Waals surface area contributed by atoms with Crippen LogP contribution < -0.4 is 10.6 Å². The van der Waals surface area contributed by atoms with Crippen LogP contribution in [0.1, 0.15) is 39.5 Å². The van der Waals surface area contributed by atoms with E-state index in [1.807, 2.05) is 38.1 Å². The molecule has 0 aliphatic heterocycles. The second-order valence-electron chi connectivity index (χ2n) is 6.46. The van der Waals surface area contributed by atoms with Gasteiger partial charge in [0, 0.05) is 30.6 Å². The molecule has 0 spiro atoms. The Morgan fingerprint density at radius 2 is 1.73 bits per heavy atom. The number of ketones is 1. The first-order chi connectivity index (χ1) is 12.3. The first-order valence-electron chi connectivity index (χ1n) is 8.56. The number of ether oxygens (including phenoxy) is 1. The van der Waals surface area contributed by atoms with Gasteiger partial charge in [0.25, 0.3) is 0 Å². The molecule has 138 valence electrons. The van der Waals surface area contributed by atoms with Gasteiger partial charge >= 0.3 is 0 Å². The number of Topliss-reactive ketones (excluding diaryl/α,β-unsaturated/α-hetero) is 1. The molecule has 0 aliphatic rings. The van der Waals surface area contributed by atoms with Crippen molar-refractivity contribution in [3.63, 3.8) is 0 Å². The molecule has 2 aromatic rings. The van der Waals surface area contributed by atoms with Gasteiger partial charge in [-0.15, -0.1) is 0 Å². The van der Waals surface area contributed by atoms with Gasteiger partial charge in [0.15, 0.2) is 5.78 Å². The monoisotopic (exact) mass is 354 g/mol. The Hall–Kier alpha value is -2.66. The number of anilines is 2. The molecule has 0 fully saturated rings. The summed E-state index contributed by atoms with van der Waals surface area (Å²) < 4.78 is 4.82. The van der Waals surface area contributed by atoms with Crippen LogP contribution >= 0.6 is 0 Å². The van der Waals surface area contributed by atoms with Crippen LogP contribution in [0.25, 0.3) is 0 Å². The average molecular weight is 354 g/mol. The molecule has 0 bridgehead atoms. The summed E-state index contributed by atoms with van der Waals surface area (Å²) in [6, 6.07) is 9.58. The number of hydrogen-bond acceptors (Lipinski definition) is 4. The van der Waals surface area contributed by atoms with E-state index in [9.17, 15) is 9.59 Å². The van der Waals surface area contributed by atoms with E-state index in [2.05, 4.69) is 23.6 Å². The van der Waals surface area contributed by atoms with Crippen molar-refractivity contribution in [2.45, 2.75) is 34.2 Å². The third kappa shape index (κ3) is 4.70. The van der Waals surface area contributed by atoms with Crippen molar-refractivity contribution in [1.29, 1.82) is 0 Å². The molecule has 26 heavy (non-hydrogen) atoms. The minimum Gasteiger partial charge on any atom is -0.381 e. The van der Waals surface area contributed by atoms with Gasteiger partial charge in [-0.2, -0.15) is 0 Å². The molecular weight excluding hydrogens is 328 g/mol. The average Bonchev–Trinajstić information content (AvgIpc) is 2.54. The number of amides is 1. The van der Waals surface area contributed by atoms with Gasteiger partial charge in [-0.3, -0.25) is 9.59 Å². The Morgan fingerprint density at radius 1 is 1.04 bits per heavy atom. The summed E-state index contributed by atoms with van der Waals surface area (Å²) in [5.41, 5.74) is 6.71. The lowest BCUT2D eigenvalue weighted by Gasteiger charge is -2.17. The topological polar surface area (TPSA) is 67.4 Å². The van der Waals surface area contributed by atoms with Crippen LogP contribution in [-0.4, -0.2) is 25.4 Å². The molecule has 0 saturated heterocycles. The van der Waals surface area contributed by atoms with E-state index >= 15 is 0 Å². The predicted molar refractivity (Wildman–Crippen MR) is 105 cm³/mol. The molecule has 2 N–H and O–H groups in total. The summed E-state index contributed by atoms with van der Waals surface area (Å²) in [4.78, 5) is 23.6. The molecule has 0 heterocycles. The van der Waals surface area contributed by atoms with E-state index in [1.165, 1.54) is 7.11 Å².